The molecule has 1 fully saturated rings. The normalized spacial score (nSPS) is 14.3. The lowest BCUT2D eigenvalue weighted by Gasteiger charge is -2.24. The van der Waals surface area contributed by atoms with Gasteiger partial charge in [-0.1, -0.05) is 24.3 Å². The van der Waals surface area contributed by atoms with Gasteiger partial charge in [-0.15, -0.1) is 28.2 Å². The van der Waals surface area contributed by atoms with E-state index in [1.165, 1.54) is 10.6 Å². The van der Waals surface area contributed by atoms with Crippen molar-refractivity contribution in [3.05, 3.63) is 53.1 Å². The Labute approximate surface area is 181 Å². The monoisotopic (exact) mass is 439 g/mol. The summed E-state index contributed by atoms with van der Waals surface area (Å²) < 4.78 is 7.13. The van der Waals surface area contributed by atoms with Gasteiger partial charge in [0.25, 0.3) is 5.91 Å². The van der Waals surface area contributed by atoms with Crippen LogP contribution in [0.15, 0.2) is 50.4 Å². The van der Waals surface area contributed by atoms with Crippen molar-refractivity contribution in [3.63, 3.8) is 0 Å². The topological polar surface area (TPSA) is 87.0 Å². The van der Waals surface area contributed by atoms with Gasteiger partial charge in [0.05, 0.1) is 4.21 Å². The first-order valence-corrected chi connectivity index (χ1v) is 11.8. The zero-order chi connectivity index (χ0) is 20.3. The number of aromatic nitrogens is 3. The molecule has 0 spiro atoms. The molecule has 0 bridgehead atoms. The molecule has 0 saturated carbocycles. The van der Waals surface area contributed by atoms with Crippen molar-refractivity contribution in [1.82, 2.24) is 15.2 Å². The molecular formula is C21H21N5O2S2. The number of hydrogen-bond donors (Lipinski definition) is 2. The molecule has 0 atom stereocenters. The number of benzene rings is 1. The summed E-state index contributed by atoms with van der Waals surface area (Å²) in [6.45, 7) is 1.89. The SMILES string of the molecule is O=C(Nc1nc(N2CCCCC2)n[nH]1)c1oc2ccccc2c1CSc1cccs1. The highest BCUT2D eigenvalue weighted by atomic mass is 32.2. The Hall–Kier alpha value is -2.78. The number of aromatic amines is 1. The molecule has 30 heavy (non-hydrogen) atoms. The maximum Gasteiger partial charge on any atom is 0.294 e. The number of piperidine rings is 1. The van der Waals surface area contributed by atoms with Crippen molar-refractivity contribution in [2.24, 2.45) is 0 Å². The summed E-state index contributed by atoms with van der Waals surface area (Å²) in [6.07, 6.45) is 3.52. The fourth-order valence-corrected chi connectivity index (χ4v) is 5.43. The van der Waals surface area contributed by atoms with Crippen LogP contribution in [-0.2, 0) is 5.75 Å². The number of nitrogens with zero attached hydrogens (tertiary/aromatic N) is 3. The van der Waals surface area contributed by atoms with E-state index < -0.39 is 0 Å². The minimum Gasteiger partial charge on any atom is -0.451 e. The minimum absolute atomic E-state index is 0.316. The van der Waals surface area contributed by atoms with Gasteiger partial charge >= 0.3 is 0 Å². The lowest BCUT2D eigenvalue weighted by Crippen LogP contribution is -2.30. The van der Waals surface area contributed by atoms with Crippen molar-refractivity contribution >= 4 is 51.9 Å². The molecule has 1 aromatic carbocycles. The molecule has 1 aliphatic rings. The lowest BCUT2D eigenvalue weighted by atomic mass is 10.1. The van der Waals surface area contributed by atoms with Crippen LogP contribution < -0.4 is 10.2 Å². The van der Waals surface area contributed by atoms with E-state index in [-0.39, 0.29) is 5.91 Å². The zero-order valence-electron chi connectivity index (χ0n) is 16.3. The van der Waals surface area contributed by atoms with Gasteiger partial charge in [0.15, 0.2) is 5.76 Å². The van der Waals surface area contributed by atoms with Crippen LogP contribution in [0.3, 0.4) is 0 Å². The van der Waals surface area contributed by atoms with E-state index in [0.717, 1.165) is 36.9 Å². The Bertz CT molecular complexity index is 1150. The van der Waals surface area contributed by atoms with Crippen LogP contribution in [-0.4, -0.2) is 34.2 Å². The fraction of sp³-hybridized carbons (Fsp3) is 0.286. The second kappa shape index (κ2) is 8.53. The predicted molar refractivity (Wildman–Crippen MR) is 120 cm³/mol. The molecular weight excluding hydrogens is 418 g/mol. The Morgan fingerprint density at radius 3 is 2.90 bits per heavy atom. The number of para-hydroxylation sites is 1. The number of thioether (sulfide) groups is 1. The molecule has 9 heteroatoms. The van der Waals surface area contributed by atoms with Gasteiger partial charge in [-0.2, -0.15) is 4.98 Å². The van der Waals surface area contributed by atoms with E-state index >= 15 is 0 Å². The van der Waals surface area contributed by atoms with Crippen LogP contribution in [0, 0.1) is 0 Å². The number of anilines is 2. The standard InChI is InChI=1S/C21H21N5O2S2/c27-19(22-20-23-21(25-24-20)26-10-4-1-5-11-26)18-15(13-30-17-9-6-12-29-17)14-7-2-3-8-16(14)28-18/h2-3,6-9,12H,1,4-5,10-11,13H2,(H2,22,23,24,25,27). The Balaban J connectivity index is 1.37. The Morgan fingerprint density at radius 1 is 1.20 bits per heavy atom. The maximum absolute atomic E-state index is 13.0. The molecule has 4 aromatic rings. The summed E-state index contributed by atoms with van der Waals surface area (Å²) in [7, 11) is 0. The Morgan fingerprint density at radius 2 is 2.07 bits per heavy atom. The van der Waals surface area contributed by atoms with Gasteiger partial charge in [0.2, 0.25) is 11.9 Å². The molecule has 5 rings (SSSR count). The minimum atomic E-state index is -0.325. The number of nitrogens with one attached hydrogen (secondary N) is 2. The molecule has 2 N–H and O–H groups in total. The molecule has 0 aliphatic carbocycles. The summed E-state index contributed by atoms with van der Waals surface area (Å²) in [5.74, 6) is 1.60. The molecule has 4 heterocycles. The summed E-state index contributed by atoms with van der Waals surface area (Å²) in [5, 5.41) is 12.9. The zero-order valence-corrected chi connectivity index (χ0v) is 17.9. The predicted octanol–water partition coefficient (Wildman–Crippen LogP) is 5.15. The number of amides is 1. The largest absolute Gasteiger partial charge is 0.451 e. The van der Waals surface area contributed by atoms with E-state index in [2.05, 4.69) is 31.5 Å². The third kappa shape index (κ3) is 3.95. The van der Waals surface area contributed by atoms with E-state index in [1.54, 1.807) is 23.1 Å². The fourth-order valence-electron chi connectivity index (χ4n) is 3.62. The van der Waals surface area contributed by atoms with E-state index in [1.807, 2.05) is 35.7 Å². The van der Waals surface area contributed by atoms with Crippen LogP contribution in [0.25, 0.3) is 11.0 Å². The van der Waals surface area contributed by atoms with Crippen LogP contribution in [0.4, 0.5) is 11.9 Å². The third-order valence-electron chi connectivity index (χ3n) is 5.10. The first-order chi connectivity index (χ1) is 14.8. The smallest absolute Gasteiger partial charge is 0.294 e. The quantitative estimate of drug-likeness (QED) is 0.404. The van der Waals surface area contributed by atoms with Crippen molar-refractivity contribution in [3.8, 4) is 0 Å². The molecule has 154 valence electrons. The van der Waals surface area contributed by atoms with Crippen molar-refractivity contribution in [2.75, 3.05) is 23.3 Å². The molecule has 7 nitrogen and oxygen atoms in total. The summed E-state index contributed by atoms with van der Waals surface area (Å²) in [6, 6.07) is 11.8. The molecule has 0 unspecified atom stereocenters. The number of fused-ring (bicyclic) bond motifs is 1. The summed E-state index contributed by atoms with van der Waals surface area (Å²) in [5.41, 5.74) is 1.59. The highest BCUT2D eigenvalue weighted by Gasteiger charge is 2.22. The van der Waals surface area contributed by atoms with Crippen LogP contribution >= 0.6 is 23.1 Å². The first-order valence-electron chi connectivity index (χ1n) is 9.93. The van der Waals surface area contributed by atoms with Crippen molar-refractivity contribution < 1.29 is 9.21 Å². The molecule has 1 saturated heterocycles. The maximum atomic E-state index is 13.0. The van der Waals surface area contributed by atoms with Crippen LogP contribution in [0.2, 0.25) is 0 Å². The van der Waals surface area contributed by atoms with Gasteiger partial charge < -0.3 is 9.32 Å². The van der Waals surface area contributed by atoms with E-state index in [4.69, 9.17) is 4.42 Å². The number of furan rings is 1. The first kappa shape index (κ1) is 19.2. The van der Waals surface area contributed by atoms with E-state index in [0.29, 0.717) is 29.0 Å². The molecule has 1 aliphatic heterocycles. The van der Waals surface area contributed by atoms with Crippen LogP contribution in [0.1, 0.15) is 35.4 Å². The van der Waals surface area contributed by atoms with Crippen molar-refractivity contribution in [2.45, 2.75) is 29.2 Å². The number of rotatable bonds is 6. The molecule has 0 radical (unpaired) electrons. The number of carbonyl (C=O) groups is 1. The van der Waals surface area contributed by atoms with Gasteiger partial charge in [0.1, 0.15) is 5.58 Å². The highest BCUT2D eigenvalue weighted by Crippen LogP contribution is 2.34. The van der Waals surface area contributed by atoms with Gasteiger partial charge in [-0.3, -0.25) is 10.1 Å². The molecule has 3 aromatic heterocycles. The summed E-state index contributed by atoms with van der Waals surface area (Å²) in [4.78, 5) is 19.6. The second-order valence-electron chi connectivity index (χ2n) is 7.11. The number of thiophene rings is 1. The average Bonchev–Trinajstić information content (AvgIpc) is 3.53. The van der Waals surface area contributed by atoms with Gasteiger partial charge in [-0.25, -0.2) is 5.10 Å². The van der Waals surface area contributed by atoms with E-state index in [9.17, 15) is 4.79 Å². The lowest BCUT2D eigenvalue weighted by molar-refractivity contribution is 0.0997. The third-order valence-corrected chi connectivity index (χ3v) is 7.26. The Kier molecular flexibility index (Phi) is 5.46. The van der Waals surface area contributed by atoms with Gasteiger partial charge in [0, 0.05) is 29.8 Å². The molecule has 1 amide bonds. The number of carbonyl (C=O) groups excluding carboxylic acids is 1. The highest BCUT2D eigenvalue weighted by molar-refractivity contribution is 8.00. The van der Waals surface area contributed by atoms with Crippen LogP contribution in [0.5, 0.6) is 0 Å². The number of hydrogen-bond acceptors (Lipinski definition) is 7. The van der Waals surface area contributed by atoms with Gasteiger partial charge in [-0.05, 0) is 36.8 Å². The second-order valence-corrected chi connectivity index (χ2v) is 9.34. The average molecular weight is 440 g/mol. The van der Waals surface area contributed by atoms with Crippen molar-refractivity contribution in [1.29, 1.82) is 0 Å². The summed E-state index contributed by atoms with van der Waals surface area (Å²) >= 11 is 3.38. The number of H-pyrrole nitrogens is 1.